The van der Waals surface area contributed by atoms with Gasteiger partial charge in [-0.25, -0.2) is 24.9 Å². The number of imidazole rings is 1. The Hall–Kier alpha value is -4.29. The first kappa shape index (κ1) is 32.3. The first-order valence-electron chi connectivity index (χ1n) is 16.2. The van der Waals surface area contributed by atoms with Gasteiger partial charge in [-0.15, -0.1) is 0 Å². The van der Waals surface area contributed by atoms with Crippen LogP contribution in [0.3, 0.4) is 0 Å². The zero-order valence-electron chi connectivity index (χ0n) is 26.6. The highest BCUT2D eigenvalue weighted by Gasteiger charge is 2.33. The summed E-state index contributed by atoms with van der Waals surface area (Å²) in [5.41, 5.74) is 17.9. The molecule has 6 heterocycles. The second-order valence-electron chi connectivity index (χ2n) is 13.0. The monoisotopic (exact) mass is 683 g/mol. The van der Waals surface area contributed by atoms with Crippen molar-refractivity contribution in [3.05, 3.63) is 101 Å². The minimum Gasteiger partial charge on any atom is -0.356 e. The highest BCUT2D eigenvalue weighted by atomic mass is 35.5. The predicted octanol–water partition coefficient (Wildman–Crippen LogP) is 5.70. The minimum atomic E-state index is -0.190. The van der Waals surface area contributed by atoms with Crippen molar-refractivity contribution in [1.29, 1.82) is 0 Å². The molecule has 0 atom stereocenters. The van der Waals surface area contributed by atoms with E-state index in [0.717, 1.165) is 103 Å². The van der Waals surface area contributed by atoms with Crippen molar-refractivity contribution in [2.24, 2.45) is 11.5 Å². The van der Waals surface area contributed by atoms with Crippen LogP contribution in [0.5, 0.6) is 0 Å². The lowest BCUT2D eigenvalue weighted by molar-refractivity contribution is 0.330. The highest BCUT2D eigenvalue weighted by molar-refractivity contribution is 6.30. The summed E-state index contributed by atoms with van der Waals surface area (Å²) in [7, 11) is 0. The van der Waals surface area contributed by atoms with Crippen molar-refractivity contribution in [2.75, 3.05) is 36.0 Å². The smallest absolute Gasteiger partial charge is 0.182 e. The molecule has 2 aliphatic heterocycles. The van der Waals surface area contributed by atoms with E-state index in [1.807, 2.05) is 36.5 Å². The average molecular weight is 685 g/mol. The fraction of sp³-hybridized carbons (Fsp3) is 0.343. The summed E-state index contributed by atoms with van der Waals surface area (Å²) >= 11 is 11.9. The summed E-state index contributed by atoms with van der Waals surface area (Å²) in [5.74, 6) is 1.90. The lowest BCUT2D eigenvalue weighted by Gasteiger charge is -2.40. The molecule has 0 spiro atoms. The number of H-pyrrole nitrogens is 2. The highest BCUT2D eigenvalue weighted by Crippen LogP contribution is 2.31. The van der Waals surface area contributed by atoms with Crippen LogP contribution < -0.4 is 21.3 Å². The van der Waals surface area contributed by atoms with Gasteiger partial charge in [-0.3, -0.25) is 0 Å². The van der Waals surface area contributed by atoms with Gasteiger partial charge in [-0.2, -0.15) is 0 Å². The topological polar surface area (TPSA) is 155 Å². The second-order valence-corrected chi connectivity index (χ2v) is 13.9. The number of nitrogens with one attached hydrogen (secondary N) is 2. The number of hydrogen-bond acceptors (Lipinski definition) is 9. The Kier molecular flexibility index (Phi) is 9.19. The van der Waals surface area contributed by atoms with Gasteiger partial charge in [0.15, 0.2) is 11.5 Å². The normalized spacial score (nSPS) is 17.3. The lowest BCUT2D eigenvalue weighted by Crippen LogP contribution is -2.52. The van der Waals surface area contributed by atoms with E-state index in [1.165, 1.54) is 11.1 Å². The summed E-state index contributed by atoms with van der Waals surface area (Å²) in [4.78, 5) is 32.4. The van der Waals surface area contributed by atoms with Gasteiger partial charge in [0.05, 0.1) is 11.7 Å². The van der Waals surface area contributed by atoms with Gasteiger partial charge in [0.2, 0.25) is 0 Å². The molecule has 2 aromatic carbocycles. The maximum absolute atomic E-state index is 6.66. The quantitative estimate of drug-likeness (QED) is 0.173. The van der Waals surface area contributed by atoms with Crippen LogP contribution >= 0.6 is 23.2 Å². The van der Waals surface area contributed by atoms with Crippen LogP contribution in [0.2, 0.25) is 10.0 Å². The molecule has 0 bridgehead atoms. The molecule has 11 nitrogen and oxygen atoms in total. The van der Waals surface area contributed by atoms with Crippen molar-refractivity contribution in [3.63, 3.8) is 0 Å². The Morgan fingerprint density at radius 1 is 0.625 bits per heavy atom. The van der Waals surface area contributed by atoms with Gasteiger partial charge in [-0.05, 0) is 80.0 Å². The van der Waals surface area contributed by atoms with Crippen molar-refractivity contribution < 1.29 is 0 Å². The molecule has 2 fully saturated rings. The van der Waals surface area contributed by atoms with E-state index in [4.69, 9.17) is 34.7 Å². The number of fused-ring (bicyclic) bond motifs is 2. The van der Waals surface area contributed by atoms with E-state index in [9.17, 15) is 0 Å². The van der Waals surface area contributed by atoms with Gasteiger partial charge >= 0.3 is 0 Å². The lowest BCUT2D eigenvalue weighted by atomic mass is 9.83. The Morgan fingerprint density at radius 2 is 1.15 bits per heavy atom. The van der Waals surface area contributed by atoms with E-state index >= 15 is 0 Å². The average Bonchev–Trinajstić information content (AvgIpc) is 3.78. The van der Waals surface area contributed by atoms with Crippen molar-refractivity contribution in [3.8, 4) is 0 Å². The van der Waals surface area contributed by atoms with Crippen molar-refractivity contribution >= 4 is 57.0 Å². The van der Waals surface area contributed by atoms with E-state index < -0.39 is 0 Å². The molecule has 0 saturated carbocycles. The van der Waals surface area contributed by atoms with Crippen LogP contribution in [0.1, 0.15) is 36.8 Å². The summed E-state index contributed by atoms with van der Waals surface area (Å²) in [6.45, 7) is 3.55. The van der Waals surface area contributed by atoms with Gasteiger partial charge in [0, 0.05) is 53.5 Å². The first-order valence-corrected chi connectivity index (χ1v) is 17.0. The summed E-state index contributed by atoms with van der Waals surface area (Å²) in [5, 5.41) is 2.59. The second kappa shape index (κ2) is 13.7. The van der Waals surface area contributed by atoms with Crippen LogP contribution in [0.25, 0.3) is 22.2 Å². The molecule has 8 rings (SSSR count). The number of halogens is 2. The molecule has 0 amide bonds. The molecule has 6 aromatic rings. The molecule has 48 heavy (non-hydrogen) atoms. The van der Waals surface area contributed by atoms with Crippen molar-refractivity contribution in [2.45, 2.75) is 49.6 Å². The van der Waals surface area contributed by atoms with Crippen LogP contribution in [0.15, 0.2) is 79.8 Å². The van der Waals surface area contributed by atoms with Gasteiger partial charge in [0.25, 0.3) is 0 Å². The number of hydrogen-bond donors (Lipinski definition) is 4. The fourth-order valence-electron chi connectivity index (χ4n) is 6.80. The van der Waals surface area contributed by atoms with Crippen molar-refractivity contribution in [1.82, 2.24) is 34.9 Å². The van der Waals surface area contributed by atoms with Crippen LogP contribution in [0, 0.1) is 0 Å². The van der Waals surface area contributed by atoms with Gasteiger partial charge < -0.3 is 31.2 Å². The summed E-state index contributed by atoms with van der Waals surface area (Å²) < 4.78 is 0. The number of aromatic nitrogens is 7. The number of rotatable bonds is 6. The molecule has 0 aliphatic carbocycles. The number of benzene rings is 2. The van der Waals surface area contributed by atoms with E-state index in [0.29, 0.717) is 5.65 Å². The maximum Gasteiger partial charge on any atom is 0.182 e. The molecule has 2 aliphatic rings. The SMILES string of the molecule is NC1(Cc2ccc(Cl)cc2)CCN(c2ncnc3[nH]ccc23)CC1.NC1(Cc2ccc(Cl)cc2)CCN(c2ncnc3nc[nH]c23)CC1. The van der Waals surface area contributed by atoms with E-state index in [-0.39, 0.29) is 11.1 Å². The molecule has 4 aromatic heterocycles. The Balaban J connectivity index is 0.000000152. The molecular weight excluding hydrogens is 645 g/mol. The predicted molar refractivity (Wildman–Crippen MR) is 193 cm³/mol. The molecule has 13 heteroatoms. The summed E-state index contributed by atoms with van der Waals surface area (Å²) in [6, 6.07) is 18.0. The number of piperidine rings is 2. The minimum absolute atomic E-state index is 0.172. The molecule has 248 valence electrons. The van der Waals surface area contributed by atoms with E-state index in [2.05, 4.69) is 69.0 Å². The largest absolute Gasteiger partial charge is 0.356 e. The maximum atomic E-state index is 6.66. The fourth-order valence-corrected chi connectivity index (χ4v) is 7.05. The zero-order valence-corrected chi connectivity index (χ0v) is 28.1. The standard InChI is InChI=1S/C18H20ClN5.C17H19ClN6/c19-14-3-1-13(2-4-14)11-18(20)6-9-24(10-7-18)17-15-5-8-21-16(15)22-12-23-17;18-13-3-1-12(2-4-13)9-17(19)5-7-24(8-6-17)16-14-15(21-10-20-14)22-11-23-16/h1-5,8,12H,6-7,9-11,20H2,(H,21,22,23);1-4,10-11H,5-9,19H2,(H,20,21,22,23). The third-order valence-corrected chi connectivity index (χ3v) is 10.1. The first-order chi connectivity index (χ1) is 23.3. The zero-order chi connectivity index (χ0) is 33.1. The summed E-state index contributed by atoms with van der Waals surface area (Å²) in [6.07, 6.45) is 12.2. The van der Waals surface area contributed by atoms with Gasteiger partial charge in [-0.1, -0.05) is 47.5 Å². The van der Waals surface area contributed by atoms with Crippen LogP contribution in [0.4, 0.5) is 11.6 Å². The Morgan fingerprint density at radius 3 is 1.73 bits per heavy atom. The van der Waals surface area contributed by atoms with E-state index in [1.54, 1.807) is 19.0 Å². The molecule has 0 unspecified atom stereocenters. The molecule has 6 N–H and O–H groups in total. The number of anilines is 2. The molecular formula is C35H39Cl2N11. The number of aromatic amines is 2. The Labute approximate surface area is 289 Å². The van der Waals surface area contributed by atoms with Crippen LogP contribution in [-0.2, 0) is 12.8 Å². The number of nitrogens with zero attached hydrogens (tertiary/aromatic N) is 7. The van der Waals surface area contributed by atoms with Crippen LogP contribution in [-0.4, -0.2) is 72.1 Å². The number of nitrogens with two attached hydrogens (primary N) is 2. The molecule has 2 saturated heterocycles. The third-order valence-electron chi connectivity index (χ3n) is 9.59. The van der Waals surface area contributed by atoms with Gasteiger partial charge in [0.1, 0.15) is 29.6 Å². The Bertz CT molecular complexity index is 1810. The third kappa shape index (κ3) is 7.24. The molecule has 0 radical (unpaired) electrons.